The number of nitrogens with zero attached hydrogens (tertiary/aromatic N) is 3. The quantitative estimate of drug-likeness (QED) is 0.0862. The Labute approximate surface area is 313 Å². The van der Waals surface area contributed by atoms with Crippen LogP contribution in [0.15, 0.2) is 113 Å². The van der Waals surface area contributed by atoms with Crippen molar-refractivity contribution in [3.05, 3.63) is 115 Å². The van der Waals surface area contributed by atoms with Crippen molar-refractivity contribution >= 4 is 32.0 Å². The van der Waals surface area contributed by atoms with Crippen molar-refractivity contribution in [2.75, 3.05) is 0 Å². The van der Waals surface area contributed by atoms with Crippen LogP contribution in [0.5, 0.6) is 0 Å². The Balaban J connectivity index is 0. The molecule has 0 amide bonds. The molecule has 2 aromatic carbocycles. The van der Waals surface area contributed by atoms with E-state index in [1.807, 2.05) is 0 Å². The molecule has 7 nitrogen and oxygen atoms in total. The largest absolute Gasteiger partial charge is 0.512 e. The third-order valence-corrected chi connectivity index (χ3v) is 7.25. The summed E-state index contributed by atoms with van der Waals surface area (Å²) in [5.74, 6) is -0.125. The first-order valence-corrected chi connectivity index (χ1v) is 17.0. The monoisotopic (exact) mass is 1140 g/mol. The number of aromatic nitrogens is 3. The van der Waals surface area contributed by atoms with E-state index in [9.17, 15) is 48.4 Å². The van der Waals surface area contributed by atoms with E-state index < -0.39 is 30.2 Å². The second-order valence-electron chi connectivity index (χ2n) is 9.74. The van der Waals surface area contributed by atoms with Crippen LogP contribution in [-0.4, -0.2) is 36.5 Å². The molecule has 0 saturated heterocycles. The number of halogens is 10. The Morgan fingerprint density at radius 2 is 1.14 bits per heavy atom. The summed E-state index contributed by atoms with van der Waals surface area (Å²) in [6.07, 6.45) is 6.65. The van der Waals surface area contributed by atoms with E-state index in [1.165, 1.54) is 63.1 Å². The Morgan fingerprint density at radius 3 is 1.41 bits per heavy atom. The van der Waals surface area contributed by atoms with Gasteiger partial charge in [0.1, 0.15) is 0 Å². The number of ketones is 2. The molecule has 2 heterocycles. The molecule has 2 radical (unpaired) electrons. The zero-order valence-corrected chi connectivity index (χ0v) is 32.9. The molecule has 0 fully saturated rings. The number of carbonyl (C=O) groups is 2. The fourth-order valence-electron chi connectivity index (χ4n) is 3.12. The SMILES string of the molecule is CC(=O)C=C(C)O.CC(=O)C=C(C)O.FS(F)(F)(F)(F)c1c[c-]c(-c2ccccn2)cc1.FS(F)(F)(F)(F)c1c[c-]c(-n2cccn2)cc1.[Ir].[Ir]. The minimum absolute atomic E-state index is 0. The van der Waals surface area contributed by atoms with Gasteiger partial charge in [-0.25, -0.2) is 0 Å². The van der Waals surface area contributed by atoms with Crippen molar-refractivity contribution in [1.29, 1.82) is 0 Å². The molecular formula is C30H29F10Ir2N3O4S2-2. The third kappa shape index (κ3) is 20.2. The van der Waals surface area contributed by atoms with Crippen LogP contribution in [-0.2, 0) is 49.8 Å². The van der Waals surface area contributed by atoms with Crippen LogP contribution in [0.4, 0.5) is 38.9 Å². The van der Waals surface area contributed by atoms with Gasteiger partial charge in [-0.15, -0.1) is 80.8 Å². The van der Waals surface area contributed by atoms with E-state index in [-0.39, 0.29) is 86.7 Å². The predicted molar refractivity (Wildman–Crippen MR) is 168 cm³/mol. The first-order valence-electron chi connectivity index (χ1n) is 13.1. The average Bonchev–Trinajstić information content (AvgIpc) is 3.46. The summed E-state index contributed by atoms with van der Waals surface area (Å²) in [6.45, 7) is 5.70. The Bertz CT molecular complexity index is 1760. The van der Waals surface area contributed by atoms with Gasteiger partial charge in [-0.1, -0.05) is 12.1 Å². The van der Waals surface area contributed by atoms with Gasteiger partial charge in [0.2, 0.25) is 0 Å². The molecule has 0 unspecified atom stereocenters. The van der Waals surface area contributed by atoms with E-state index in [2.05, 4.69) is 22.2 Å². The maximum absolute atomic E-state index is 12.4. The fourth-order valence-corrected chi connectivity index (χ4v) is 4.33. The minimum Gasteiger partial charge on any atom is -0.512 e. The minimum atomic E-state index is -9.61. The smallest absolute Gasteiger partial charge is 0.283 e. The van der Waals surface area contributed by atoms with Crippen molar-refractivity contribution < 1.29 is 98.9 Å². The van der Waals surface area contributed by atoms with Gasteiger partial charge in [0.25, 0.3) is 20.4 Å². The van der Waals surface area contributed by atoms with Crippen molar-refractivity contribution in [2.45, 2.75) is 37.5 Å². The van der Waals surface area contributed by atoms with Gasteiger partial charge in [-0.3, -0.25) is 14.3 Å². The van der Waals surface area contributed by atoms with E-state index in [0.29, 0.717) is 17.8 Å². The van der Waals surface area contributed by atoms with Gasteiger partial charge in [0.15, 0.2) is 11.6 Å². The summed E-state index contributed by atoms with van der Waals surface area (Å²) in [4.78, 5) is 20.0. The van der Waals surface area contributed by atoms with Crippen molar-refractivity contribution in [1.82, 2.24) is 14.8 Å². The van der Waals surface area contributed by atoms with E-state index in [1.54, 1.807) is 24.3 Å². The Hall–Kier alpha value is -3.48. The summed E-state index contributed by atoms with van der Waals surface area (Å²) >= 11 is 0. The van der Waals surface area contributed by atoms with E-state index >= 15 is 0 Å². The number of hydrogen-bond acceptors (Lipinski definition) is 6. The molecule has 2 aromatic heterocycles. The van der Waals surface area contributed by atoms with Crippen molar-refractivity contribution in [3.8, 4) is 16.9 Å². The fraction of sp³-hybridized carbons (Fsp3) is 0.133. The van der Waals surface area contributed by atoms with Gasteiger partial charge in [-0.05, 0) is 56.1 Å². The molecule has 4 rings (SSSR count). The van der Waals surface area contributed by atoms with E-state index in [0.717, 1.165) is 12.1 Å². The first kappa shape index (κ1) is 49.6. The summed E-state index contributed by atoms with van der Waals surface area (Å²) < 4.78 is 125. The second kappa shape index (κ2) is 16.9. The van der Waals surface area contributed by atoms with Crippen LogP contribution in [0.1, 0.15) is 27.7 Å². The normalized spacial score (nSPS) is 14.2. The van der Waals surface area contributed by atoms with Gasteiger partial charge < -0.3 is 15.2 Å². The molecule has 2 N–H and O–H groups in total. The predicted octanol–water partition coefficient (Wildman–Crippen LogP) is 11.6. The second-order valence-corrected chi connectivity index (χ2v) is 14.6. The molecule has 0 atom stereocenters. The van der Waals surface area contributed by atoms with Crippen LogP contribution in [0.25, 0.3) is 16.9 Å². The number of aliphatic hydroxyl groups is 2. The zero-order valence-electron chi connectivity index (χ0n) is 26.5. The van der Waals surface area contributed by atoms with Gasteiger partial charge in [0, 0.05) is 75.8 Å². The molecule has 0 bridgehead atoms. The molecule has 0 aliphatic carbocycles. The molecule has 21 heteroatoms. The number of aliphatic hydroxyl groups excluding tert-OH is 2. The maximum atomic E-state index is 12.4. The molecule has 4 aromatic rings. The Morgan fingerprint density at radius 1 is 0.667 bits per heavy atom. The number of hydrogen-bond donors (Lipinski definition) is 2. The number of pyridine rings is 1. The third-order valence-electron chi connectivity index (χ3n) is 4.96. The summed E-state index contributed by atoms with van der Waals surface area (Å²) in [7, 11) is -19.2. The average molecular weight is 1130 g/mol. The molecular weight excluding hydrogens is 1100 g/mol. The number of carbonyl (C=O) groups excluding carboxylic acids is 2. The van der Waals surface area contributed by atoms with Crippen LogP contribution in [0, 0.1) is 12.1 Å². The summed E-state index contributed by atoms with van der Waals surface area (Å²) in [5.41, 5.74) is 0.744. The standard InChI is InChI=1S/C11H7F5NS.C9H6F5N2S.2C5H8O2.2Ir/c12-18(13,14,15,16)10-6-4-9(5-7-10)11-3-1-2-8-17-11;10-17(11,12,13,14)9-4-2-8(3-5-9)16-7-1-6-15-16;2*1-4(6)3-5(2)7;;/h1-4,6-8H;1-2,4-7H;2*3,6H,1-2H3;;/q2*-1;;;;. The number of allylic oxidation sites excluding steroid dienone is 4. The summed E-state index contributed by atoms with van der Waals surface area (Å²) in [6, 6.07) is 13.6. The van der Waals surface area contributed by atoms with Crippen molar-refractivity contribution in [3.63, 3.8) is 0 Å². The van der Waals surface area contributed by atoms with Crippen LogP contribution in [0.2, 0.25) is 0 Å². The number of rotatable bonds is 6. The van der Waals surface area contributed by atoms with Crippen LogP contribution >= 0.6 is 20.4 Å². The molecule has 290 valence electrons. The summed E-state index contributed by atoms with van der Waals surface area (Å²) in [5, 5.41) is 20.5. The van der Waals surface area contributed by atoms with E-state index in [4.69, 9.17) is 10.2 Å². The molecule has 0 aliphatic rings. The molecule has 0 spiro atoms. The topological polar surface area (TPSA) is 105 Å². The van der Waals surface area contributed by atoms with Crippen molar-refractivity contribution in [2.24, 2.45) is 0 Å². The first-order chi connectivity index (χ1) is 21.9. The maximum Gasteiger partial charge on any atom is 0.283 e. The van der Waals surface area contributed by atoms with Crippen LogP contribution in [0.3, 0.4) is 0 Å². The van der Waals surface area contributed by atoms with Gasteiger partial charge >= 0.3 is 0 Å². The molecule has 0 saturated carbocycles. The van der Waals surface area contributed by atoms with Gasteiger partial charge in [-0.2, -0.15) is 17.2 Å². The Kier molecular flexibility index (Phi) is 16.4. The zero-order chi connectivity index (χ0) is 38.0. The number of benzene rings is 2. The van der Waals surface area contributed by atoms with Gasteiger partial charge in [0.05, 0.1) is 11.5 Å². The van der Waals surface area contributed by atoms with Crippen LogP contribution < -0.4 is 0 Å². The molecule has 51 heavy (non-hydrogen) atoms. The molecule has 0 aliphatic heterocycles.